The third-order valence-corrected chi connectivity index (χ3v) is 6.58. The minimum atomic E-state index is 0.125. The van der Waals surface area contributed by atoms with E-state index >= 15 is 0 Å². The minimum absolute atomic E-state index is 0.125. The van der Waals surface area contributed by atoms with Gasteiger partial charge >= 0.3 is 0 Å². The lowest BCUT2D eigenvalue weighted by Gasteiger charge is -2.34. The molecule has 164 valence electrons. The van der Waals surface area contributed by atoms with Crippen LogP contribution in [-0.4, -0.2) is 59.0 Å². The van der Waals surface area contributed by atoms with Gasteiger partial charge in [-0.25, -0.2) is 15.0 Å². The van der Waals surface area contributed by atoms with Crippen LogP contribution < -0.4 is 9.64 Å². The second-order valence-electron chi connectivity index (χ2n) is 7.54. The Morgan fingerprint density at radius 1 is 1.12 bits per heavy atom. The van der Waals surface area contributed by atoms with E-state index < -0.39 is 0 Å². The molecule has 1 aromatic carbocycles. The predicted molar refractivity (Wildman–Crippen MR) is 123 cm³/mol. The molecule has 0 radical (unpaired) electrons. The van der Waals surface area contributed by atoms with E-state index in [-0.39, 0.29) is 5.91 Å². The number of fused-ring (bicyclic) bond motifs is 1. The van der Waals surface area contributed by atoms with Crippen LogP contribution in [0.2, 0.25) is 0 Å². The first-order valence-electron chi connectivity index (χ1n) is 10.5. The molecule has 0 bridgehead atoms. The third-order valence-electron chi connectivity index (χ3n) is 5.54. The molecule has 0 unspecified atom stereocenters. The van der Waals surface area contributed by atoms with Crippen LogP contribution in [-0.2, 0) is 11.2 Å². The van der Waals surface area contributed by atoms with E-state index in [0.29, 0.717) is 37.6 Å². The number of hydrogen-bond donors (Lipinski definition) is 0. The lowest BCUT2D eigenvalue weighted by molar-refractivity contribution is -0.131. The van der Waals surface area contributed by atoms with E-state index in [2.05, 4.69) is 19.9 Å². The number of methoxy groups -OCH3 is 1. The van der Waals surface area contributed by atoms with Gasteiger partial charge in [-0.1, -0.05) is 11.3 Å². The first kappa shape index (κ1) is 20.4. The summed E-state index contributed by atoms with van der Waals surface area (Å²) >= 11 is 1.60. The maximum atomic E-state index is 12.7. The van der Waals surface area contributed by atoms with Crippen LogP contribution >= 0.6 is 11.3 Å². The highest BCUT2D eigenvalue weighted by Crippen LogP contribution is 2.28. The number of piperazine rings is 1. The van der Waals surface area contributed by atoms with Gasteiger partial charge in [0.25, 0.3) is 0 Å². The number of aryl methyl sites for hydroxylation is 1. The van der Waals surface area contributed by atoms with Gasteiger partial charge in [-0.05, 0) is 36.4 Å². The summed E-state index contributed by atoms with van der Waals surface area (Å²) < 4.78 is 11.0. The van der Waals surface area contributed by atoms with Crippen LogP contribution in [0.1, 0.15) is 12.3 Å². The van der Waals surface area contributed by atoms with Crippen LogP contribution in [0.5, 0.6) is 5.75 Å². The van der Waals surface area contributed by atoms with E-state index in [1.54, 1.807) is 30.8 Å². The number of carbonyl (C=O) groups excluding carboxylic acids is 1. The zero-order valence-corrected chi connectivity index (χ0v) is 18.5. The smallest absolute Gasteiger partial charge is 0.223 e. The Bertz CT molecular complexity index is 1180. The molecule has 32 heavy (non-hydrogen) atoms. The van der Waals surface area contributed by atoms with E-state index in [9.17, 15) is 4.79 Å². The molecule has 0 aliphatic carbocycles. The number of hydrogen-bond acceptors (Lipinski definition) is 8. The summed E-state index contributed by atoms with van der Waals surface area (Å²) in [5.41, 5.74) is 1.85. The molecule has 0 atom stereocenters. The molecule has 1 aliphatic rings. The lowest BCUT2D eigenvalue weighted by atomic mass is 10.2. The van der Waals surface area contributed by atoms with Crippen LogP contribution in [0.15, 0.2) is 53.2 Å². The van der Waals surface area contributed by atoms with Crippen molar-refractivity contribution in [2.75, 3.05) is 38.2 Å². The van der Waals surface area contributed by atoms with Crippen LogP contribution in [0.3, 0.4) is 0 Å². The number of thiazole rings is 1. The highest BCUT2D eigenvalue weighted by atomic mass is 32.1. The average molecular weight is 450 g/mol. The van der Waals surface area contributed by atoms with Gasteiger partial charge in [0, 0.05) is 50.8 Å². The number of benzene rings is 1. The fraction of sp³-hybridized carbons (Fsp3) is 0.304. The van der Waals surface area contributed by atoms with Crippen molar-refractivity contribution < 1.29 is 13.9 Å². The number of ether oxygens (including phenoxy) is 1. The molecule has 8 nitrogen and oxygen atoms in total. The van der Waals surface area contributed by atoms with Crippen molar-refractivity contribution in [1.82, 2.24) is 19.9 Å². The van der Waals surface area contributed by atoms with Gasteiger partial charge in [-0.3, -0.25) is 4.79 Å². The Hall–Kier alpha value is -3.46. The Morgan fingerprint density at radius 3 is 2.69 bits per heavy atom. The van der Waals surface area contributed by atoms with Crippen molar-refractivity contribution in [3.63, 3.8) is 0 Å². The number of oxazole rings is 1. The molecule has 0 spiro atoms. The van der Waals surface area contributed by atoms with Crippen LogP contribution in [0.25, 0.3) is 21.7 Å². The molecule has 1 amide bonds. The molecule has 1 saturated heterocycles. The largest absolute Gasteiger partial charge is 0.497 e. The number of aromatic nitrogens is 3. The first-order valence-corrected chi connectivity index (χ1v) is 11.3. The van der Waals surface area contributed by atoms with Gasteiger partial charge in [-0.2, -0.15) is 0 Å². The van der Waals surface area contributed by atoms with Gasteiger partial charge in [0.05, 0.1) is 13.3 Å². The Balaban J connectivity index is 1.13. The molecule has 1 fully saturated rings. The summed E-state index contributed by atoms with van der Waals surface area (Å²) in [5, 5.41) is 0.969. The van der Waals surface area contributed by atoms with E-state index in [1.165, 1.54) is 0 Å². The Labute approximate surface area is 189 Å². The zero-order valence-electron chi connectivity index (χ0n) is 17.7. The molecule has 0 N–H and O–H groups in total. The molecule has 1 aliphatic heterocycles. The molecular formula is C23H23N5O3S. The standard InChI is InChI=1S/C23H23N5O3S/c1-30-17-6-4-16(5-7-17)19-15-25-20(31-19)8-9-21(29)27-11-13-28(14-12-27)23-26-18-3-2-10-24-22(18)32-23/h2-7,10,15H,8-9,11-14H2,1H3. The first-order chi connectivity index (χ1) is 15.7. The summed E-state index contributed by atoms with van der Waals surface area (Å²) in [7, 11) is 1.64. The quantitative estimate of drug-likeness (QED) is 0.444. The number of amides is 1. The molecule has 5 rings (SSSR count). The zero-order chi connectivity index (χ0) is 21.9. The van der Waals surface area contributed by atoms with Gasteiger partial charge in [0.15, 0.2) is 16.8 Å². The molecule has 4 heterocycles. The summed E-state index contributed by atoms with van der Waals surface area (Å²) in [6, 6.07) is 11.5. The summed E-state index contributed by atoms with van der Waals surface area (Å²) in [4.78, 5) is 31.2. The van der Waals surface area contributed by atoms with Gasteiger partial charge in [0.1, 0.15) is 16.1 Å². The topological polar surface area (TPSA) is 84.6 Å². The van der Waals surface area contributed by atoms with Gasteiger partial charge < -0.3 is 19.0 Å². The van der Waals surface area contributed by atoms with E-state index in [4.69, 9.17) is 9.15 Å². The Morgan fingerprint density at radius 2 is 1.94 bits per heavy atom. The fourth-order valence-electron chi connectivity index (χ4n) is 3.73. The predicted octanol–water partition coefficient (Wildman–Crippen LogP) is 3.64. The third kappa shape index (κ3) is 4.29. The van der Waals surface area contributed by atoms with Crippen molar-refractivity contribution >= 4 is 32.7 Å². The summed E-state index contributed by atoms with van der Waals surface area (Å²) in [5.74, 6) is 2.18. The number of pyridine rings is 1. The lowest BCUT2D eigenvalue weighted by Crippen LogP contribution is -2.48. The molecule has 9 heteroatoms. The molecule has 3 aromatic heterocycles. The summed E-state index contributed by atoms with van der Waals surface area (Å²) in [6.45, 7) is 2.91. The number of nitrogens with zero attached hydrogens (tertiary/aromatic N) is 5. The van der Waals surface area contributed by atoms with Crippen molar-refractivity contribution in [2.45, 2.75) is 12.8 Å². The normalized spacial score (nSPS) is 14.2. The van der Waals surface area contributed by atoms with Gasteiger partial charge in [-0.15, -0.1) is 0 Å². The van der Waals surface area contributed by atoms with Crippen molar-refractivity contribution in [2.24, 2.45) is 0 Å². The number of rotatable bonds is 6. The van der Waals surface area contributed by atoms with E-state index in [1.807, 2.05) is 41.3 Å². The van der Waals surface area contributed by atoms with Gasteiger partial charge in [0.2, 0.25) is 5.91 Å². The highest BCUT2D eigenvalue weighted by Gasteiger charge is 2.23. The molecule has 0 saturated carbocycles. The monoisotopic (exact) mass is 449 g/mol. The maximum absolute atomic E-state index is 12.7. The van der Waals surface area contributed by atoms with Crippen molar-refractivity contribution in [1.29, 1.82) is 0 Å². The Kier molecular flexibility index (Phi) is 5.72. The second-order valence-corrected chi connectivity index (χ2v) is 8.49. The minimum Gasteiger partial charge on any atom is -0.497 e. The van der Waals surface area contributed by atoms with Crippen LogP contribution in [0.4, 0.5) is 5.13 Å². The highest BCUT2D eigenvalue weighted by molar-refractivity contribution is 7.21. The fourth-order valence-corrected chi connectivity index (χ4v) is 4.69. The average Bonchev–Trinajstić information content (AvgIpc) is 3.50. The second kappa shape index (κ2) is 8.96. The maximum Gasteiger partial charge on any atom is 0.223 e. The molecule has 4 aromatic rings. The van der Waals surface area contributed by atoms with E-state index in [0.717, 1.165) is 39.9 Å². The number of anilines is 1. The summed E-state index contributed by atoms with van der Waals surface area (Å²) in [6.07, 6.45) is 4.36. The van der Waals surface area contributed by atoms with Crippen molar-refractivity contribution in [3.8, 4) is 17.1 Å². The SMILES string of the molecule is COc1ccc(-c2cnc(CCC(=O)N3CCN(c4nc5cccnc5s4)CC3)o2)cc1. The van der Waals surface area contributed by atoms with Crippen LogP contribution in [0, 0.1) is 0 Å². The number of carbonyl (C=O) groups is 1. The molecular weight excluding hydrogens is 426 g/mol. The van der Waals surface area contributed by atoms with Crippen molar-refractivity contribution in [3.05, 3.63) is 54.7 Å².